The molecule has 0 unspecified atom stereocenters. The molecule has 0 aliphatic carbocycles. The van der Waals surface area contributed by atoms with Gasteiger partial charge in [-0.05, 0) is 49.2 Å². The van der Waals surface area contributed by atoms with Gasteiger partial charge in [-0.15, -0.1) is 0 Å². The number of hydrogen-bond acceptors (Lipinski definition) is 2. The number of hydrogen-bond donors (Lipinski definition) is 1. The van der Waals surface area contributed by atoms with Crippen LogP contribution in [-0.2, 0) is 6.54 Å². The zero-order chi connectivity index (χ0) is 19.0. The summed E-state index contributed by atoms with van der Waals surface area (Å²) < 4.78 is 1.82. The number of para-hydroxylation sites is 1. The van der Waals surface area contributed by atoms with E-state index in [9.17, 15) is 4.79 Å². The topological polar surface area (TPSA) is 53.9 Å². The first-order chi connectivity index (χ1) is 13.0. The lowest BCUT2D eigenvalue weighted by molar-refractivity contribution is 0.0787. The Bertz CT molecular complexity index is 1110. The molecule has 1 N–H and O–H groups in total. The molecule has 2 aromatic carbocycles. The number of nitrogens with one attached hydrogen (secondary N) is 1. The summed E-state index contributed by atoms with van der Waals surface area (Å²) in [6, 6.07) is 15.9. The summed E-state index contributed by atoms with van der Waals surface area (Å²) in [5, 5.41) is 5.37. The van der Waals surface area contributed by atoms with Crippen LogP contribution < -0.4 is 0 Å². The lowest BCUT2D eigenvalue weighted by Crippen LogP contribution is -2.26. The minimum absolute atomic E-state index is 0.00587. The first kappa shape index (κ1) is 17.1. The van der Waals surface area contributed by atoms with Crippen molar-refractivity contribution >= 4 is 16.8 Å². The van der Waals surface area contributed by atoms with Crippen LogP contribution in [0.15, 0.2) is 60.9 Å². The van der Waals surface area contributed by atoms with Crippen molar-refractivity contribution in [1.82, 2.24) is 19.7 Å². The van der Waals surface area contributed by atoms with Gasteiger partial charge in [0.15, 0.2) is 0 Å². The lowest BCUT2D eigenvalue weighted by Gasteiger charge is -2.18. The molecule has 27 heavy (non-hydrogen) atoms. The second kappa shape index (κ2) is 6.76. The van der Waals surface area contributed by atoms with Crippen molar-refractivity contribution in [3.63, 3.8) is 0 Å². The number of aromatic amines is 1. The van der Waals surface area contributed by atoms with E-state index in [4.69, 9.17) is 0 Å². The van der Waals surface area contributed by atoms with Gasteiger partial charge < -0.3 is 9.88 Å². The number of rotatable bonds is 4. The average Bonchev–Trinajstić information content (AvgIpc) is 3.30. The van der Waals surface area contributed by atoms with Gasteiger partial charge in [0, 0.05) is 37.1 Å². The predicted molar refractivity (Wildman–Crippen MR) is 107 cm³/mol. The van der Waals surface area contributed by atoms with E-state index in [0.717, 1.165) is 27.8 Å². The van der Waals surface area contributed by atoms with E-state index in [1.807, 2.05) is 61.2 Å². The molecule has 0 atom stereocenters. The van der Waals surface area contributed by atoms with Gasteiger partial charge in [0.2, 0.25) is 0 Å². The molecule has 136 valence electrons. The Morgan fingerprint density at radius 2 is 1.96 bits per heavy atom. The molecule has 5 nitrogen and oxygen atoms in total. The minimum atomic E-state index is 0.00587. The summed E-state index contributed by atoms with van der Waals surface area (Å²) in [5.41, 5.74) is 5.94. The number of H-pyrrole nitrogens is 1. The number of aromatic nitrogens is 3. The molecule has 0 bridgehead atoms. The van der Waals surface area contributed by atoms with E-state index in [1.54, 1.807) is 11.1 Å². The van der Waals surface area contributed by atoms with Gasteiger partial charge in [-0.2, -0.15) is 5.10 Å². The maximum atomic E-state index is 13.1. The van der Waals surface area contributed by atoms with Crippen LogP contribution in [0.25, 0.3) is 16.6 Å². The van der Waals surface area contributed by atoms with Crippen LogP contribution >= 0.6 is 0 Å². The molecular weight excluding hydrogens is 336 g/mol. The molecule has 0 aliphatic rings. The zero-order valence-corrected chi connectivity index (χ0v) is 15.7. The van der Waals surface area contributed by atoms with Gasteiger partial charge in [-0.1, -0.05) is 24.3 Å². The fourth-order valence-electron chi connectivity index (χ4n) is 3.43. The van der Waals surface area contributed by atoms with E-state index in [2.05, 4.69) is 29.1 Å². The monoisotopic (exact) mass is 358 g/mol. The maximum Gasteiger partial charge on any atom is 0.256 e. The van der Waals surface area contributed by atoms with Crippen molar-refractivity contribution in [1.29, 1.82) is 0 Å². The first-order valence-electron chi connectivity index (χ1n) is 8.97. The Hall–Kier alpha value is -3.34. The highest BCUT2D eigenvalue weighted by molar-refractivity contribution is 6.06. The quantitative estimate of drug-likeness (QED) is 0.593. The summed E-state index contributed by atoms with van der Waals surface area (Å²) in [5.74, 6) is 0.00587. The predicted octanol–water partition coefficient (Wildman–Crippen LogP) is 4.24. The fourth-order valence-corrected chi connectivity index (χ4v) is 3.43. The van der Waals surface area contributed by atoms with Gasteiger partial charge in [0.1, 0.15) is 0 Å². The molecule has 0 saturated heterocycles. The molecule has 0 saturated carbocycles. The highest BCUT2D eigenvalue weighted by atomic mass is 16.2. The average molecular weight is 358 g/mol. The Labute approximate surface area is 158 Å². The Balaban J connectivity index is 1.61. The van der Waals surface area contributed by atoms with E-state index in [0.29, 0.717) is 12.1 Å². The number of amides is 1. The van der Waals surface area contributed by atoms with Crippen molar-refractivity contribution in [2.24, 2.45) is 0 Å². The highest BCUT2D eigenvalue weighted by Gasteiger charge is 2.17. The summed E-state index contributed by atoms with van der Waals surface area (Å²) >= 11 is 0. The van der Waals surface area contributed by atoms with E-state index in [1.165, 1.54) is 5.56 Å². The van der Waals surface area contributed by atoms with Crippen LogP contribution in [0.4, 0.5) is 0 Å². The number of fused-ring (bicyclic) bond motifs is 1. The Morgan fingerprint density at radius 1 is 1.15 bits per heavy atom. The molecule has 2 aromatic heterocycles. The Kier molecular flexibility index (Phi) is 4.28. The van der Waals surface area contributed by atoms with Gasteiger partial charge in [-0.3, -0.25) is 4.79 Å². The second-order valence-electron chi connectivity index (χ2n) is 6.88. The third kappa shape index (κ3) is 3.12. The van der Waals surface area contributed by atoms with Crippen molar-refractivity contribution in [2.75, 3.05) is 7.05 Å². The van der Waals surface area contributed by atoms with Gasteiger partial charge in [0.25, 0.3) is 5.91 Å². The van der Waals surface area contributed by atoms with Gasteiger partial charge in [-0.25, -0.2) is 4.68 Å². The number of carbonyl (C=O) groups excluding carboxylic acids is 1. The summed E-state index contributed by atoms with van der Waals surface area (Å²) in [7, 11) is 1.84. The minimum Gasteiger partial charge on any atom is -0.358 e. The molecule has 4 rings (SSSR count). The summed E-state index contributed by atoms with van der Waals surface area (Å²) in [6.07, 6.45) is 3.66. The third-order valence-corrected chi connectivity index (χ3v) is 5.02. The van der Waals surface area contributed by atoms with E-state index >= 15 is 0 Å². The summed E-state index contributed by atoms with van der Waals surface area (Å²) in [4.78, 5) is 18.2. The van der Waals surface area contributed by atoms with Crippen molar-refractivity contribution in [3.05, 3.63) is 83.3 Å². The van der Waals surface area contributed by atoms with Crippen LogP contribution in [0.1, 0.15) is 27.2 Å². The fraction of sp³-hybridized carbons (Fsp3) is 0.182. The SMILES string of the molecule is Cc1[nH]c2c(C(=O)N(C)Cc3cccc(-n4cccn4)c3)cccc2c1C. The maximum absolute atomic E-state index is 13.1. The largest absolute Gasteiger partial charge is 0.358 e. The first-order valence-corrected chi connectivity index (χ1v) is 8.97. The molecule has 0 fully saturated rings. The van der Waals surface area contributed by atoms with Crippen LogP contribution in [-0.4, -0.2) is 32.6 Å². The molecule has 5 heteroatoms. The van der Waals surface area contributed by atoms with Crippen molar-refractivity contribution in [3.8, 4) is 5.69 Å². The van der Waals surface area contributed by atoms with Crippen LogP contribution in [0.3, 0.4) is 0 Å². The zero-order valence-electron chi connectivity index (χ0n) is 15.7. The number of benzene rings is 2. The van der Waals surface area contributed by atoms with Crippen LogP contribution in [0.5, 0.6) is 0 Å². The highest BCUT2D eigenvalue weighted by Crippen LogP contribution is 2.25. The molecule has 0 spiro atoms. The second-order valence-corrected chi connectivity index (χ2v) is 6.88. The Morgan fingerprint density at radius 3 is 2.74 bits per heavy atom. The molecule has 2 heterocycles. The molecule has 0 radical (unpaired) electrons. The van der Waals surface area contributed by atoms with Gasteiger partial charge >= 0.3 is 0 Å². The normalized spacial score (nSPS) is 11.1. The lowest BCUT2D eigenvalue weighted by atomic mass is 10.1. The number of nitrogens with zero attached hydrogens (tertiary/aromatic N) is 3. The van der Waals surface area contributed by atoms with Crippen molar-refractivity contribution in [2.45, 2.75) is 20.4 Å². The van der Waals surface area contributed by atoms with Crippen LogP contribution in [0.2, 0.25) is 0 Å². The number of carbonyl (C=O) groups is 1. The van der Waals surface area contributed by atoms with Crippen molar-refractivity contribution < 1.29 is 4.79 Å². The van der Waals surface area contributed by atoms with E-state index in [-0.39, 0.29) is 5.91 Å². The molecule has 4 aromatic rings. The number of aryl methyl sites for hydroxylation is 2. The molecule has 0 aliphatic heterocycles. The smallest absolute Gasteiger partial charge is 0.256 e. The summed E-state index contributed by atoms with van der Waals surface area (Å²) in [6.45, 7) is 4.64. The standard InChI is InChI=1S/C22H22N4O/c1-15-16(2)24-21-19(15)9-5-10-20(21)22(27)25(3)14-17-7-4-8-18(13-17)26-12-6-11-23-26/h4-13,24H,14H2,1-3H3. The molecule has 1 amide bonds. The van der Waals surface area contributed by atoms with Gasteiger partial charge in [0.05, 0.1) is 16.8 Å². The third-order valence-electron chi connectivity index (χ3n) is 5.02. The van der Waals surface area contributed by atoms with Crippen LogP contribution in [0, 0.1) is 13.8 Å². The van der Waals surface area contributed by atoms with E-state index < -0.39 is 0 Å². The molecular formula is C22H22N4O.